The van der Waals surface area contributed by atoms with E-state index in [4.69, 9.17) is 5.73 Å². The zero-order chi connectivity index (χ0) is 13.9. The molecule has 102 valence electrons. The number of hydrogen-bond donors (Lipinski definition) is 2. The molecular weight excluding hydrogens is 249 g/mol. The highest BCUT2D eigenvalue weighted by Crippen LogP contribution is 2.18. The molecule has 0 unspecified atom stereocenters. The number of aromatic nitrogens is 2. The molecule has 18 heavy (non-hydrogen) atoms. The molecular formula is C10H15F3N4O. The van der Waals surface area contributed by atoms with E-state index in [-0.39, 0.29) is 6.54 Å². The summed E-state index contributed by atoms with van der Waals surface area (Å²) in [5.74, 6) is -0.523. The molecule has 0 saturated heterocycles. The van der Waals surface area contributed by atoms with Crippen molar-refractivity contribution in [3.8, 4) is 0 Å². The SMILES string of the molecule is Cc1nn(CC(=O)NCCC(F)(F)F)c(C)c1N. The van der Waals surface area contributed by atoms with Gasteiger partial charge in [-0.1, -0.05) is 0 Å². The summed E-state index contributed by atoms with van der Waals surface area (Å²) in [5.41, 5.74) is 7.37. The van der Waals surface area contributed by atoms with Gasteiger partial charge in [-0.15, -0.1) is 0 Å². The Labute approximate surface area is 102 Å². The van der Waals surface area contributed by atoms with Crippen LogP contribution in [0, 0.1) is 13.8 Å². The number of nitrogens with one attached hydrogen (secondary N) is 1. The van der Waals surface area contributed by atoms with Crippen molar-refractivity contribution in [2.45, 2.75) is 33.0 Å². The van der Waals surface area contributed by atoms with Gasteiger partial charge in [0, 0.05) is 6.54 Å². The van der Waals surface area contributed by atoms with Crippen molar-refractivity contribution in [3.05, 3.63) is 11.4 Å². The summed E-state index contributed by atoms with van der Waals surface area (Å²) in [5, 5.41) is 6.20. The molecule has 0 aliphatic carbocycles. The van der Waals surface area contributed by atoms with Crippen LogP contribution in [-0.4, -0.2) is 28.4 Å². The minimum Gasteiger partial charge on any atom is -0.396 e. The average molecular weight is 264 g/mol. The van der Waals surface area contributed by atoms with Gasteiger partial charge in [0.2, 0.25) is 5.91 Å². The molecule has 0 saturated carbocycles. The molecule has 1 aromatic heterocycles. The number of nitrogens with two attached hydrogens (primary N) is 1. The second kappa shape index (κ2) is 5.28. The Morgan fingerprint density at radius 2 is 2.06 bits per heavy atom. The van der Waals surface area contributed by atoms with Gasteiger partial charge in [-0.05, 0) is 13.8 Å². The summed E-state index contributed by atoms with van der Waals surface area (Å²) in [6.45, 7) is 2.82. The third-order valence-corrected chi connectivity index (χ3v) is 2.46. The van der Waals surface area contributed by atoms with Gasteiger partial charge in [-0.2, -0.15) is 18.3 Å². The van der Waals surface area contributed by atoms with Crippen LogP contribution in [-0.2, 0) is 11.3 Å². The Morgan fingerprint density at radius 3 is 2.50 bits per heavy atom. The number of alkyl halides is 3. The minimum absolute atomic E-state index is 0.137. The van der Waals surface area contributed by atoms with E-state index in [1.165, 1.54) is 4.68 Å². The van der Waals surface area contributed by atoms with Crippen LogP contribution in [0.1, 0.15) is 17.8 Å². The number of aryl methyl sites for hydroxylation is 1. The van der Waals surface area contributed by atoms with Crippen LogP contribution in [0.4, 0.5) is 18.9 Å². The van der Waals surface area contributed by atoms with Crippen molar-refractivity contribution in [2.24, 2.45) is 0 Å². The first kappa shape index (κ1) is 14.3. The number of hydrogen-bond acceptors (Lipinski definition) is 3. The van der Waals surface area contributed by atoms with Gasteiger partial charge in [-0.25, -0.2) is 0 Å². The number of carbonyl (C=O) groups excluding carboxylic acids is 1. The maximum absolute atomic E-state index is 11.9. The second-order valence-electron chi connectivity index (χ2n) is 3.96. The van der Waals surface area contributed by atoms with Crippen LogP contribution in [0.5, 0.6) is 0 Å². The molecule has 0 aliphatic rings. The first-order valence-electron chi connectivity index (χ1n) is 5.33. The number of rotatable bonds is 4. The molecule has 1 heterocycles. The van der Waals surface area contributed by atoms with Crippen LogP contribution in [0.3, 0.4) is 0 Å². The summed E-state index contributed by atoms with van der Waals surface area (Å²) in [4.78, 5) is 11.4. The van der Waals surface area contributed by atoms with Crippen molar-refractivity contribution >= 4 is 11.6 Å². The van der Waals surface area contributed by atoms with E-state index < -0.39 is 25.0 Å². The Hall–Kier alpha value is -1.73. The molecule has 0 aromatic carbocycles. The van der Waals surface area contributed by atoms with Crippen LogP contribution in [0.15, 0.2) is 0 Å². The van der Waals surface area contributed by atoms with Crippen LogP contribution in [0.2, 0.25) is 0 Å². The Bertz CT molecular complexity index is 439. The van der Waals surface area contributed by atoms with Crippen LogP contribution >= 0.6 is 0 Å². The first-order chi connectivity index (χ1) is 8.20. The zero-order valence-corrected chi connectivity index (χ0v) is 10.1. The van der Waals surface area contributed by atoms with E-state index in [1.54, 1.807) is 13.8 Å². The molecule has 0 aliphatic heterocycles. The fraction of sp³-hybridized carbons (Fsp3) is 0.600. The first-order valence-corrected chi connectivity index (χ1v) is 5.33. The maximum Gasteiger partial charge on any atom is 0.390 e. The van der Waals surface area contributed by atoms with Gasteiger partial charge in [0.15, 0.2) is 0 Å². The monoisotopic (exact) mass is 264 g/mol. The minimum atomic E-state index is -4.27. The quantitative estimate of drug-likeness (QED) is 0.856. The van der Waals surface area contributed by atoms with E-state index in [1.807, 2.05) is 0 Å². The van der Waals surface area contributed by atoms with E-state index >= 15 is 0 Å². The standard InChI is InChI=1S/C10H15F3N4O/c1-6-9(14)7(2)17(16-6)5-8(18)15-4-3-10(11,12)13/h3-5,14H2,1-2H3,(H,15,18). The number of halogens is 3. The molecule has 1 aromatic rings. The molecule has 0 fully saturated rings. The summed E-state index contributed by atoms with van der Waals surface area (Å²) < 4.78 is 37.0. The van der Waals surface area contributed by atoms with Crippen LogP contribution < -0.4 is 11.1 Å². The topological polar surface area (TPSA) is 72.9 Å². The molecule has 1 rings (SSSR count). The molecule has 3 N–H and O–H groups in total. The smallest absolute Gasteiger partial charge is 0.390 e. The van der Waals surface area contributed by atoms with Gasteiger partial charge in [-0.3, -0.25) is 9.48 Å². The number of carbonyl (C=O) groups is 1. The summed E-state index contributed by atoms with van der Waals surface area (Å²) in [6.07, 6.45) is -5.31. The lowest BCUT2D eigenvalue weighted by molar-refractivity contribution is -0.135. The fourth-order valence-electron chi connectivity index (χ4n) is 1.40. The van der Waals surface area contributed by atoms with Crippen molar-refractivity contribution in [1.29, 1.82) is 0 Å². The number of nitrogens with zero attached hydrogens (tertiary/aromatic N) is 2. The fourth-order valence-corrected chi connectivity index (χ4v) is 1.40. The lowest BCUT2D eigenvalue weighted by Gasteiger charge is -2.08. The van der Waals surface area contributed by atoms with Gasteiger partial charge in [0.1, 0.15) is 6.54 Å². The van der Waals surface area contributed by atoms with Crippen molar-refractivity contribution < 1.29 is 18.0 Å². The number of anilines is 1. The molecule has 0 atom stereocenters. The molecule has 1 amide bonds. The highest BCUT2D eigenvalue weighted by Gasteiger charge is 2.26. The number of amides is 1. The predicted molar refractivity (Wildman–Crippen MR) is 59.8 cm³/mol. The van der Waals surface area contributed by atoms with Crippen molar-refractivity contribution in [3.63, 3.8) is 0 Å². The highest BCUT2D eigenvalue weighted by atomic mass is 19.4. The molecule has 8 heteroatoms. The zero-order valence-electron chi connectivity index (χ0n) is 10.1. The molecule has 0 spiro atoms. The van der Waals surface area contributed by atoms with E-state index in [0.717, 1.165) is 0 Å². The van der Waals surface area contributed by atoms with Crippen LogP contribution in [0.25, 0.3) is 0 Å². The summed E-state index contributed by atoms with van der Waals surface area (Å²) in [6, 6.07) is 0. The van der Waals surface area contributed by atoms with Crippen molar-refractivity contribution in [2.75, 3.05) is 12.3 Å². The van der Waals surface area contributed by atoms with Gasteiger partial charge >= 0.3 is 6.18 Å². The largest absolute Gasteiger partial charge is 0.396 e. The summed E-state index contributed by atoms with van der Waals surface area (Å²) in [7, 11) is 0. The normalized spacial score (nSPS) is 11.6. The van der Waals surface area contributed by atoms with Crippen molar-refractivity contribution in [1.82, 2.24) is 15.1 Å². The maximum atomic E-state index is 11.9. The van der Waals surface area contributed by atoms with E-state index in [0.29, 0.717) is 17.1 Å². The third-order valence-electron chi connectivity index (χ3n) is 2.46. The number of nitrogen functional groups attached to an aromatic ring is 1. The lowest BCUT2D eigenvalue weighted by Crippen LogP contribution is -2.31. The predicted octanol–water partition coefficient (Wildman–Crippen LogP) is 1.15. The molecule has 0 bridgehead atoms. The Balaban J connectivity index is 2.48. The summed E-state index contributed by atoms with van der Waals surface area (Å²) >= 11 is 0. The molecule has 5 nitrogen and oxygen atoms in total. The van der Waals surface area contributed by atoms with Gasteiger partial charge < -0.3 is 11.1 Å². The van der Waals surface area contributed by atoms with Gasteiger partial charge in [0.05, 0.1) is 23.5 Å². The molecule has 0 radical (unpaired) electrons. The van der Waals surface area contributed by atoms with Gasteiger partial charge in [0.25, 0.3) is 0 Å². The third kappa shape index (κ3) is 3.94. The second-order valence-corrected chi connectivity index (χ2v) is 3.96. The Kier molecular flexibility index (Phi) is 4.20. The van der Waals surface area contributed by atoms with E-state index in [2.05, 4.69) is 10.4 Å². The highest BCUT2D eigenvalue weighted by molar-refractivity contribution is 5.75. The lowest BCUT2D eigenvalue weighted by atomic mass is 10.3. The van der Waals surface area contributed by atoms with E-state index in [9.17, 15) is 18.0 Å². The Morgan fingerprint density at radius 1 is 1.44 bits per heavy atom. The average Bonchev–Trinajstić information content (AvgIpc) is 2.44.